The number of carbonyl (C=O) groups is 2. The van der Waals surface area contributed by atoms with Crippen molar-refractivity contribution in [3.63, 3.8) is 0 Å². The maximum absolute atomic E-state index is 13.2. The average Bonchev–Trinajstić information content (AvgIpc) is 3.49. The summed E-state index contributed by atoms with van der Waals surface area (Å²) in [4.78, 5) is 33.4. The maximum atomic E-state index is 13.2. The zero-order chi connectivity index (χ0) is 27.2. The normalized spacial score (nSPS) is 15.4. The van der Waals surface area contributed by atoms with E-state index < -0.39 is 9.84 Å². The fourth-order valence-electron chi connectivity index (χ4n) is 4.47. The topological polar surface area (TPSA) is 144 Å². The van der Waals surface area contributed by atoms with E-state index in [4.69, 9.17) is 0 Å². The minimum absolute atomic E-state index is 0.132. The van der Waals surface area contributed by atoms with Crippen LogP contribution < -0.4 is 10.6 Å². The largest absolute Gasteiger partial charge is 0.324 e. The molecule has 1 aliphatic rings. The number of amides is 2. The van der Waals surface area contributed by atoms with E-state index in [0.717, 1.165) is 29.8 Å². The van der Waals surface area contributed by atoms with Crippen molar-refractivity contribution in [1.82, 2.24) is 29.3 Å². The van der Waals surface area contributed by atoms with Crippen molar-refractivity contribution in [2.24, 2.45) is 5.41 Å². The number of sulfone groups is 1. The number of rotatable bonds is 8. The molecule has 2 N–H and O–H groups in total. The van der Waals surface area contributed by atoms with Crippen LogP contribution in [0.25, 0.3) is 15.3 Å². The Morgan fingerprint density at radius 1 is 1.11 bits per heavy atom. The van der Waals surface area contributed by atoms with Crippen molar-refractivity contribution < 1.29 is 18.0 Å². The van der Waals surface area contributed by atoms with Gasteiger partial charge in [-0.15, -0.1) is 11.3 Å². The molecular weight excluding hydrogens is 528 g/mol. The summed E-state index contributed by atoms with van der Waals surface area (Å²) in [5.74, 6) is -0.711. The van der Waals surface area contributed by atoms with E-state index in [-0.39, 0.29) is 23.1 Å². The van der Waals surface area contributed by atoms with Gasteiger partial charge < -0.3 is 10.6 Å². The van der Waals surface area contributed by atoms with Gasteiger partial charge in [-0.05, 0) is 18.4 Å². The number of hydrogen-bond donors (Lipinski definition) is 2. The Labute approximate surface area is 223 Å². The lowest BCUT2D eigenvalue weighted by atomic mass is 9.84. The van der Waals surface area contributed by atoms with Crippen LogP contribution in [0.15, 0.2) is 37.1 Å². The lowest BCUT2D eigenvalue weighted by molar-refractivity contribution is -0.120. The molecule has 0 bridgehead atoms. The molecule has 14 heteroatoms. The molecule has 0 saturated carbocycles. The van der Waals surface area contributed by atoms with E-state index in [0.29, 0.717) is 34.0 Å². The van der Waals surface area contributed by atoms with Gasteiger partial charge in [0, 0.05) is 37.3 Å². The number of aromatic nitrogens is 5. The number of anilines is 2. The SMILES string of the molecule is Cc1ncc(NC(=O)CN2CC(C)(C)C2)cc1NC(=O)c1cnn2cc(-c3cnn(CS(C)(=O)=O)c3)sc12. The van der Waals surface area contributed by atoms with E-state index in [2.05, 4.69) is 44.6 Å². The highest BCUT2D eigenvalue weighted by atomic mass is 32.2. The van der Waals surface area contributed by atoms with E-state index in [1.807, 2.05) is 0 Å². The molecule has 1 fully saturated rings. The molecular formula is C24H28N8O4S2. The first kappa shape index (κ1) is 26.0. The Kier molecular flexibility index (Phi) is 6.57. The number of fused-ring (bicyclic) bond motifs is 1. The minimum Gasteiger partial charge on any atom is -0.324 e. The maximum Gasteiger partial charge on any atom is 0.260 e. The predicted molar refractivity (Wildman–Crippen MR) is 145 cm³/mol. The van der Waals surface area contributed by atoms with Crippen LogP contribution in [0.1, 0.15) is 29.9 Å². The van der Waals surface area contributed by atoms with Gasteiger partial charge in [-0.1, -0.05) is 13.8 Å². The minimum atomic E-state index is -3.23. The highest BCUT2D eigenvalue weighted by molar-refractivity contribution is 7.89. The van der Waals surface area contributed by atoms with Gasteiger partial charge in [0.15, 0.2) is 9.84 Å². The van der Waals surface area contributed by atoms with Crippen molar-refractivity contribution in [3.05, 3.63) is 48.3 Å². The average molecular weight is 557 g/mol. The fraction of sp³-hybridized carbons (Fsp3) is 0.375. The summed E-state index contributed by atoms with van der Waals surface area (Å²) in [5, 5.41) is 14.1. The lowest BCUT2D eigenvalue weighted by Crippen LogP contribution is -2.54. The number of aryl methyl sites for hydroxylation is 1. The first-order valence-corrected chi connectivity index (χ1v) is 14.7. The van der Waals surface area contributed by atoms with E-state index in [1.54, 1.807) is 42.3 Å². The third kappa shape index (κ3) is 5.76. The third-order valence-corrected chi connectivity index (χ3v) is 7.91. The Morgan fingerprint density at radius 2 is 1.87 bits per heavy atom. The molecule has 1 aliphatic heterocycles. The van der Waals surface area contributed by atoms with Gasteiger partial charge in [0.2, 0.25) is 5.91 Å². The van der Waals surface area contributed by atoms with E-state index >= 15 is 0 Å². The molecule has 1 saturated heterocycles. The number of nitrogens with one attached hydrogen (secondary N) is 2. The molecule has 4 aromatic heterocycles. The molecule has 200 valence electrons. The molecule has 0 aliphatic carbocycles. The van der Waals surface area contributed by atoms with Gasteiger partial charge in [0.05, 0.1) is 52.6 Å². The molecule has 4 aromatic rings. The Bertz CT molecular complexity index is 1640. The molecule has 0 radical (unpaired) electrons. The van der Waals surface area contributed by atoms with Crippen LogP contribution in [0.3, 0.4) is 0 Å². The zero-order valence-corrected chi connectivity index (χ0v) is 23.1. The standard InChI is InChI=1S/C24H28N8O4S2/c1-15-19(5-17(7-25-15)28-21(33)11-30-12-24(2,3)13-30)29-22(34)18-8-27-32-10-20(37-23(18)32)16-6-26-31(9-16)14-38(4,35)36/h5-10H,11-14H2,1-4H3,(H,28,33)(H,29,34). The van der Waals surface area contributed by atoms with Crippen LogP contribution in [0.5, 0.6) is 0 Å². The highest BCUT2D eigenvalue weighted by Gasteiger charge is 2.34. The van der Waals surface area contributed by atoms with Crippen molar-refractivity contribution in [2.75, 3.05) is 36.5 Å². The molecule has 12 nitrogen and oxygen atoms in total. The predicted octanol–water partition coefficient (Wildman–Crippen LogP) is 2.50. The summed E-state index contributed by atoms with van der Waals surface area (Å²) in [5.41, 5.74) is 2.93. The van der Waals surface area contributed by atoms with Crippen molar-refractivity contribution in [2.45, 2.75) is 26.6 Å². The van der Waals surface area contributed by atoms with Crippen LogP contribution >= 0.6 is 11.3 Å². The van der Waals surface area contributed by atoms with Gasteiger partial charge in [-0.25, -0.2) is 12.9 Å². The molecule has 5 rings (SSSR count). The molecule has 0 spiro atoms. The Morgan fingerprint density at radius 3 is 2.58 bits per heavy atom. The summed E-state index contributed by atoms with van der Waals surface area (Å²) < 4.78 is 26.0. The van der Waals surface area contributed by atoms with Gasteiger partial charge in [0.1, 0.15) is 10.7 Å². The fourth-order valence-corrected chi connectivity index (χ4v) is 6.13. The van der Waals surface area contributed by atoms with Gasteiger partial charge in [-0.2, -0.15) is 10.2 Å². The summed E-state index contributed by atoms with van der Waals surface area (Å²) in [7, 11) is -3.23. The number of likely N-dealkylation sites (tertiary alicyclic amines) is 1. The van der Waals surface area contributed by atoms with Crippen LogP contribution in [-0.2, 0) is 20.5 Å². The number of thiazole rings is 1. The second kappa shape index (κ2) is 9.60. The number of hydrogen-bond acceptors (Lipinski definition) is 9. The second-order valence-electron chi connectivity index (χ2n) is 10.4. The Hall–Kier alpha value is -3.62. The second-order valence-corrected chi connectivity index (χ2v) is 13.5. The lowest BCUT2D eigenvalue weighted by Gasteiger charge is -2.45. The zero-order valence-electron chi connectivity index (χ0n) is 21.4. The highest BCUT2D eigenvalue weighted by Crippen LogP contribution is 2.31. The van der Waals surface area contributed by atoms with Crippen LogP contribution in [0.2, 0.25) is 0 Å². The monoisotopic (exact) mass is 556 g/mol. The van der Waals surface area contributed by atoms with Gasteiger partial charge in [0.25, 0.3) is 5.91 Å². The number of pyridine rings is 1. The number of nitrogens with zero attached hydrogens (tertiary/aromatic N) is 6. The Balaban J connectivity index is 1.29. The molecule has 0 unspecified atom stereocenters. The number of carbonyl (C=O) groups excluding carboxylic acids is 2. The summed E-state index contributed by atoms with van der Waals surface area (Å²) in [6, 6.07) is 1.69. The molecule has 0 aromatic carbocycles. The molecule has 5 heterocycles. The van der Waals surface area contributed by atoms with Gasteiger partial charge in [-0.3, -0.25) is 24.2 Å². The smallest absolute Gasteiger partial charge is 0.260 e. The summed E-state index contributed by atoms with van der Waals surface area (Å²) in [6.07, 6.45) is 9.18. The molecule has 38 heavy (non-hydrogen) atoms. The van der Waals surface area contributed by atoms with Crippen LogP contribution in [-0.4, -0.2) is 75.4 Å². The first-order chi connectivity index (χ1) is 17.8. The molecule has 2 amide bonds. The van der Waals surface area contributed by atoms with Crippen molar-refractivity contribution >= 4 is 49.2 Å². The third-order valence-electron chi connectivity index (χ3n) is 6.01. The summed E-state index contributed by atoms with van der Waals surface area (Å²) in [6.45, 7) is 8.17. The molecule has 0 atom stereocenters. The quantitative estimate of drug-likeness (QED) is 0.337. The van der Waals surface area contributed by atoms with Crippen LogP contribution in [0, 0.1) is 12.3 Å². The van der Waals surface area contributed by atoms with E-state index in [1.165, 1.54) is 22.2 Å². The first-order valence-electron chi connectivity index (χ1n) is 11.8. The van der Waals surface area contributed by atoms with Crippen molar-refractivity contribution in [3.8, 4) is 10.4 Å². The van der Waals surface area contributed by atoms with Crippen molar-refractivity contribution in [1.29, 1.82) is 0 Å². The van der Waals surface area contributed by atoms with E-state index in [9.17, 15) is 18.0 Å². The summed E-state index contributed by atoms with van der Waals surface area (Å²) >= 11 is 1.34. The van der Waals surface area contributed by atoms with Gasteiger partial charge >= 0.3 is 0 Å². The van der Waals surface area contributed by atoms with Crippen LogP contribution in [0.4, 0.5) is 11.4 Å².